The highest BCUT2D eigenvalue weighted by Gasteiger charge is 2.33. The Balaban J connectivity index is 2.11. The van der Waals surface area contributed by atoms with Gasteiger partial charge < -0.3 is 18.9 Å². The van der Waals surface area contributed by atoms with Gasteiger partial charge in [0, 0.05) is 0 Å². The minimum absolute atomic E-state index is 0.0433. The van der Waals surface area contributed by atoms with Gasteiger partial charge in [-0.2, -0.15) is 5.10 Å². The van der Waals surface area contributed by atoms with Crippen molar-refractivity contribution in [2.45, 2.75) is 19.1 Å². The smallest absolute Gasteiger partial charge is 0.282 e. The SMILES string of the molecule is COc1cc(/C=N/NC(=O)CC2(C)OCCO2)c([N+](=O)[O-])cc1OC. The van der Waals surface area contributed by atoms with Gasteiger partial charge in [-0.25, -0.2) is 5.43 Å². The van der Waals surface area contributed by atoms with Crippen molar-refractivity contribution in [2.75, 3.05) is 27.4 Å². The molecule has 0 unspecified atom stereocenters. The van der Waals surface area contributed by atoms with E-state index in [1.165, 1.54) is 26.4 Å². The van der Waals surface area contributed by atoms with Crippen LogP contribution in [-0.2, 0) is 14.3 Å². The fraction of sp³-hybridized carbons (Fsp3) is 0.467. The number of nitrogens with zero attached hydrogens (tertiary/aromatic N) is 2. The van der Waals surface area contributed by atoms with E-state index in [1.807, 2.05) is 0 Å². The summed E-state index contributed by atoms with van der Waals surface area (Å²) in [5, 5.41) is 14.9. The predicted molar refractivity (Wildman–Crippen MR) is 86.9 cm³/mol. The highest BCUT2D eigenvalue weighted by Crippen LogP contribution is 2.33. The van der Waals surface area contributed by atoms with Crippen molar-refractivity contribution < 1.29 is 28.7 Å². The second-order valence-electron chi connectivity index (χ2n) is 5.32. The molecule has 1 aliphatic rings. The largest absolute Gasteiger partial charge is 0.493 e. The molecule has 1 aromatic rings. The molecule has 0 bridgehead atoms. The molecular weight excluding hydrogens is 334 g/mol. The van der Waals surface area contributed by atoms with Gasteiger partial charge in [-0.3, -0.25) is 14.9 Å². The lowest BCUT2D eigenvalue weighted by Crippen LogP contribution is -2.33. The van der Waals surface area contributed by atoms with Gasteiger partial charge in [0.05, 0.1) is 56.6 Å². The molecule has 25 heavy (non-hydrogen) atoms. The Bertz CT molecular complexity index is 684. The molecule has 0 spiro atoms. The van der Waals surface area contributed by atoms with Crippen LogP contribution < -0.4 is 14.9 Å². The zero-order valence-corrected chi connectivity index (χ0v) is 14.1. The van der Waals surface area contributed by atoms with Crippen LogP contribution in [0.4, 0.5) is 5.69 Å². The van der Waals surface area contributed by atoms with Crippen LogP contribution in [-0.4, -0.2) is 50.3 Å². The number of hydrogen-bond acceptors (Lipinski definition) is 8. The van der Waals surface area contributed by atoms with Gasteiger partial charge in [0.15, 0.2) is 17.3 Å². The maximum absolute atomic E-state index is 11.9. The van der Waals surface area contributed by atoms with Crippen molar-refractivity contribution in [1.82, 2.24) is 5.43 Å². The Kier molecular flexibility index (Phi) is 5.88. The quantitative estimate of drug-likeness (QED) is 0.444. The zero-order valence-electron chi connectivity index (χ0n) is 14.1. The number of ether oxygens (including phenoxy) is 4. The first-order valence-corrected chi connectivity index (χ1v) is 7.39. The summed E-state index contributed by atoms with van der Waals surface area (Å²) in [4.78, 5) is 22.5. The lowest BCUT2D eigenvalue weighted by Gasteiger charge is -2.20. The average molecular weight is 353 g/mol. The van der Waals surface area contributed by atoms with E-state index < -0.39 is 16.6 Å². The molecule has 136 valence electrons. The van der Waals surface area contributed by atoms with Crippen molar-refractivity contribution in [3.63, 3.8) is 0 Å². The summed E-state index contributed by atoms with van der Waals surface area (Å²) >= 11 is 0. The fourth-order valence-corrected chi connectivity index (χ4v) is 2.31. The maximum atomic E-state index is 11.9. The molecule has 0 aliphatic carbocycles. The van der Waals surface area contributed by atoms with Crippen LogP contribution in [0.25, 0.3) is 0 Å². The number of nitrogens with one attached hydrogen (secondary N) is 1. The van der Waals surface area contributed by atoms with E-state index in [-0.39, 0.29) is 23.4 Å². The summed E-state index contributed by atoms with van der Waals surface area (Å²) in [7, 11) is 2.79. The van der Waals surface area contributed by atoms with Gasteiger partial charge in [0.2, 0.25) is 5.91 Å². The number of carbonyl (C=O) groups is 1. The first-order chi connectivity index (χ1) is 11.9. The normalized spacial score (nSPS) is 16.0. The van der Waals surface area contributed by atoms with Gasteiger partial charge in [0.25, 0.3) is 5.69 Å². The first-order valence-electron chi connectivity index (χ1n) is 7.39. The van der Waals surface area contributed by atoms with E-state index >= 15 is 0 Å². The molecule has 1 amide bonds. The highest BCUT2D eigenvalue weighted by atomic mass is 16.7. The number of amides is 1. The van der Waals surface area contributed by atoms with Crippen molar-refractivity contribution in [3.05, 3.63) is 27.8 Å². The van der Waals surface area contributed by atoms with E-state index in [9.17, 15) is 14.9 Å². The van der Waals surface area contributed by atoms with Crippen molar-refractivity contribution >= 4 is 17.8 Å². The van der Waals surface area contributed by atoms with Crippen molar-refractivity contribution in [3.8, 4) is 11.5 Å². The minimum atomic E-state index is -0.977. The maximum Gasteiger partial charge on any atom is 0.282 e. The van der Waals surface area contributed by atoms with E-state index in [0.29, 0.717) is 19.0 Å². The molecule has 10 nitrogen and oxygen atoms in total. The predicted octanol–water partition coefficient (Wildman–Crippen LogP) is 1.22. The van der Waals surface area contributed by atoms with Crippen LogP contribution in [0.15, 0.2) is 17.2 Å². The molecule has 1 aromatic carbocycles. The third-order valence-electron chi connectivity index (χ3n) is 3.50. The molecule has 0 radical (unpaired) electrons. The van der Waals surface area contributed by atoms with E-state index in [1.54, 1.807) is 6.92 Å². The summed E-state index contributed by atoms with van der Waals surface area (Å²) in [6.45, 7) is 2.50. The number of nitro benzene ring substituents is 1. The number of methoxy groups -OCH3 is 2. The Morgan fingerprint density at radius 3 is 2.52 bits per heavy atom. The van der Waals surface area contributed by atoms with Crippen molar-refractivity contribution in [1.29, 1.82) is 0 Å². The highest BCUT2D eigenvalue weighted by molar-refractivity contribution is 5.88. The monoisotopic (exact) mass is 353 g/mol. The molecule has 2 rings (SSSR count). The van der Waals surface area contributed by atoms with Gasteiger partial charge in [-0.05, 0) is 13.0 Å². The molecule has 1 saturated heterocycles. The standard InChI is InChI=1S/C15H19N3O7/c1-15(24-4-5-25-15)8-14(19)17-16-9-10-6-12(22-2)13(23-3)7-11(10)18(20)21/h6-7,9H,4-5,8H2,1-3H3,(H,17,19)/b16-9+. The molecule has 10 heteroatoms. The molecule has 1 aliphatic heterocycles. The van der Waals surface area contributed by atoms with Crippen LogP contribution in [0.5, 0.6) is 11.5 Å². The molecular formula is C15H19N3O7. The number of hydrazone groups is 1. The third-order valence-corrected chi connectivity index (χ3v) is 3.50. The lowest BCUT2D eigenvalue weighted by atomic mass is 10.1. The van der Waals surface area contributed by atoms with E-state index in [0.717, 1.165) is 6.21 Å². The summed E-state index contributed by atoms with van der Waals surface area (Å²) in [5.74, 6) is -0.890. The lowest BCUT2D eigenvalue weighted by molar-refractivity contribution is -0.385. The van der Waals surface area contributed by atoms with Crippen LogP contribution in [0, 0.1) is 10.1 Å². The number of nitro groups is 1. The summed E-state index contributed by atoms with van der Waals surface area (Å²) < 4.78 is 20.8. The number of benzene rings is 1. The summed E-state index contributed by atoms with van der Waals surface area (Å²) in [6.07, 6.45) is 1.12. The van der Waals surface area contributed by atoms with Crippen LogP contribution in [0.3, 0.4) is 0 Å². The Labute approximate surface area is 143 Å². The summed E-state index contributed by atoms with van der Waals surface area (Å²) in [6, 6.07) is 2.63. The van der Waals surface area contributed by atoms with E-state index in [2.05, 4.69) is 10.5 Å². The zero-order chi connectivity index (χ0) is 18.4. The van der Waals surface area contributed by atoms with Gasteiger partial charge in [-0.1, -0.05) is 0 Å². The van der Waals surface area contributed by atoms with Gasteiger partial charge in [-0.15, -0.1) is 0 Å². The van der Waals surface area contributed by atoms with Gasteiger partial charge >= 0.3 is 0 Å². The van der Waals surface area contributed by atoms with Crippen LogP contribution in [0.2, 0.25) is 0 Å². The van der Waals surface area contributed by atoms with Gasteiger partial charge in [0.1, 0.15) is 0 Å². The van der Waals surface area contributed by atoms with Crippen LogP contribution >= 0.6 is 0 Å². The second-order valence-corrected chi connectivity index (χ2v) is 5.32. The number of hydrogen-bond donors (Lipinski definition) is 1. The first kappa shape index (κ1) is 18.6. The number of carbonyl (C=O) groups excluding carboxylic acids is 1. The average Bonchev–Trinajstić information content (AvgIpc) is 2.99. The molecule has 1 heterocycles. The molecule has 0 atom stereocenters. The molecule has 1 fully saturated rings. The minimum Gasteiger partial charge on any atom is -0.493 e. The topological polar surface area (TPSA) is 122 Å². The molecule has 1 N–H and O–H groups in total. The molecule has 0 saturated carbocycles. The van der Waals surface area contributed by atoms with Crippen molar-refractivity contribution in [2.24, 2.45) is 5.10 Å². The summed E-state index contributed by atoms with van der Waals surface area (Å²) in [5.41, 5.74) is 2.22. The second kappa shape index (κ2) is 7.90. The third kappa shape index (κ3) is 4.64. The van der Waals surface area contributed by atoms with E-state index in [4.69, 9.17) is 18.9 Å². The number of rotatable bonds is 7. The van der Waals surface area contributed by atoms with Crippen LogP contribution in [0.1, 0.15) is 18.9 Å². The Hall–Kier alpha value is -2.72. The fourth-order valence-electron chi connectivity index (χ4n) is 2.31. The molecule has 0 aromatic heterocycles. The Morgan fingerprint density at radius 1 is 1.36 bits per heavy atom. The Morgan fingerprint density at radius 2 is 1.96 bits per heavy atom.